The summed E-state index contributed by atoms with van der Waals surface area (Å²) in [5.41, 5.74) is 0.490. The lowest BCUT2D eigenvalue weighted by Gasteiger charge is -2.38. The first-order valence-electron chi connectivity index (χ1n) is 11.7. The van der Waals surface area contributed by atoms with Gasteiger partial charge in [0.05, 0.1) is 9.79 Å². The standard InChI is InChI=1S/C27H25N3O5S2/c31-27(28-23-16-15-21-9-7-8-10-22(21)19-23)26-20-29(36(32,33)24-11-3-1-4-12-24)17-18-30(26)37(34,35)25-13-5-2-6-14-25/h1-16,19,26H,17-18,20H2,(H,28,31)/t26-/m0/s1. The van der Waals surface area contributed by atoms with E-state index in [4.69, 9.17) is 0 Å². The number of piperazine rings is 1. The molecule has 190 valence electrons. The van der Waals surface area contributed by atoms with E-state index in [1.165, 1.54) is 28.6 Å². The summed E-state index contributed by atoms with van der Waals surface area (Å²) in [7, 11) is -8.00. The van der Waals surface area contributed by atoms with Crippen molar-refractivity contribution in [2.45, 2.75) is 15.8 Å². The Balaban J connectivity index is 1.49. The van der Waals surface area contributed by atoms with Gasteiger partial charge in [-0.15, -0.1) is 0 Å². The quantitative estimate of drug-likeness (QED) is 0.407. The van der Waals surface area contributed by atoms with Gasteiger partial charge in [0, 0.05) is 25.3 Å². The maximum Gasteiger partial charge on any atom is 0.244 e. The second-order valence-corrected chi connectivity index (χ2v) is 12.5. The third-order valence-corrected chi connectivity index (χ3v) is 10.1. The minimum absolute atomic E-state index is 0.0397. The van der Waals surface area contributed by atoms with E-state index in [2.05, 4.69) is 5.32 Å². The monoisotopic (exact) mass is 535 g/mol. The van der Waals surface area contributed by atoms with Gasteiger partial charge in [-0.3, -0.25) is 4.79 Å². The fourth-order valence-corrected chi connectivity index (χ4v) is 7.47. The number of rotatable bonds is 6. The molecule has 10 heteroatoms. The number of hydrogen-bond acceptors (Lipinski definition) is 5. The molecule has 8 nitrogen and oxygen atoms in total. The third kappa shape index (κ3) is 5.01. The lowest BCUT2D eigenvalue weighted by atomic mass is 10.1. The normalized spacial score (nSPS) is 17.5. The Morgan fingerprint density at radius 3 is 1.89 bits per heavy atom. The molecule has 4 aromatic carbocycles. The van der Waals surface area contributed by atoms with Crippen molar-refractivity contribution in [3.8, 4) is 0 Å². The maximum atomic E-state index is 13.6. The van der Waals surface area contributed by atoms with Gasteiger partial charge < -0.3 is 5.32 Å². The summed E-state index contributed by atoms with van der Waals surface area (Å²) >= 11 is 0. The molecule has 1 fully saturated rings. The van der Waals surface area contributed by atoms with Gasteiger partial charge in [-0.1, -0.05) is 66.7 Å². The van der Waals surface area contributed by atoms with Crippen LogP contribution in [0.25, 0.3) is 10.8 Å². The smallest absolute Gasteiger partial charge is 0.244 e. The van der Waals surface area contributed by atoms with E-state index in [0.29, 0.717) is 5.69 Å². The number of benzene rings is 4. The number of sulfonamides is 2. The van der Waals surface area contributed by atoms with E-state index in [0.717, 1.165) is 15.1 Å². The van der Waals surface area contributed by atoms with E-state index >= 15 is 0 Å². The highest BCUT2D eigenvalue weighted by atomic mass is 32.2. The second kappa shape index (κ2) is 10.1. The number of anilines is 1. The van der Waals surface area contributed by atoms with Crippen LogP contribution in [0.3, 0.4) is 0 Å². The number of amides is 1. The molecule has 0 saturated carbocycles. The van der Waals surface area contributed by atoms with Crippen molar-refractivity contribution in [2.75, 3.05) is 25.0 Å². The minimum Gasteiger partial charge on any atom is -0.325 e. The minimum atomic E-state index is -4.07. The van der Waals surface area contributed by atoms with Gasteiger partial charge in [0.1, 0.15) is 6.04 Å². The molecule has 1 aliphatic rings. The molecule has 0 radical (unpaired) electrons. The lowest BCUT2D eigenvalue weighted by molar-refractivity contribution is -0.120. The average Bonchev–Trinajstić information content (AvgIpc) is 2.93. The molecular formula is C27H25N3O5S2. The second-order valence-electron chi connectivity index (χ2n) is 8.67. The number of carbonyl (C=O) groups excluding carboxylic acids is 1. The first-order valence-corrected chi connectivity index (χ1v) is 14.6. The van der Waals surface area contributed by atoms with Crippen molar-refractivity contribution in [1.29, 1.82) is 0 Å². The molecular weight excluding hydrogens is 510 g/mol. The van der Waals surface area contributed by atoms with Crippen molar-refractivity contribution in [2.24, 2.45) is 0 Å². The van der Waals surface area contributed by atoms with Gasteiger partial charge in [-0.25, -0.2) is 16.8 Å². The topological polar surface area (TPSA) is 104 Å². The van der Waals surface area contributed by atoms with Crippen LogP contribution in [0.1, 0.15) is 0 Å². The molecule has 1 atom stereocenters. The van der Waals surface area contributed by atoms with Crippen LogP contribution < -0.4 is 5.32 Å². The number of hydrogen-bond donors (Lipinski definition) is 1. The Hall–Kier alpha value is -3.57. The molecule has 5 rings (SSSR count). The summed E-state index contributed by atoms with van der Waals surface area (Å²) in [4.78, 5) is 13.7. The van der Waals surface area contributed by atoms with Gasteiger partial charge in [-0.05, 0) is 47.2 Å². The van der Waals surface area contributed by atoms with Crippen LogP contribution in [0.15, 0.2) is 113 Å². The van der Waals surface area contributed by atoms with E-state index in [1.807, 2.05) is 30.3 Å². The highest BCUT2D eigenvalue weighted by Gasteiger charge is 2.43. The van der Waals surface area contributed by atoms with E-state index in [9.17, 15) is 21.6 Å². The van der Waals surface area contributed by atoms with Gasteiger partial charge in [0.15, 0.2) is 0 Å². The number of nitrogens with zero attached hydrogens (tertiary/aromatic N) is 2. The Kier molecular flexibility index (Phi) is 6.82. The van der Waals surface area contributed by atoms with E-state index in [1.54, 1.807) is 48.5 Å². The van der Waals surface area contributed by atoms with Crippen LogP contribution in [0.4, 0.5) is 5.69 Å². The van der Waals surface area contributed by atoms with Gasteiger partial charge >= 0.3 is 0 Å². The molecule has 1 N–H and O–H groups in total. The molecule has 0 unspecified atom stereocenters. The molecule has 4 aromatic rings. The van der Waals surface area contributed by atoms with E-state index in [-0.39, 0.29) is 29.4 Å². The van der Waals surface area contributed by atoms with Crippen LogP contribution in [-0.4, -0.2) is 57.0 Å². The number of nitrogens with one attached hydrogen (secondary N) is 1. The van der Waals surface area contributed by atoms with Gasteiger partial charge in [-0.2, -0.15) is 8.61 Å². The Morgan fingerprint density at radius 2 is 1.24 bits per heavy atom. The fourth-order valence-electron chi connectivity index (χ4n) is 4.42. The molecule has 0 aromatic heterocycles. The van der Waals surface area contributed by atoms with Crippen molar-refractivity contribution in [3.05, 3.63) is 103 Å². The molecule has 1 amide bonds. The highest BCUT2D eigenvalue weighted by molar-refractivity contribution is 7.89. The summed E-state index contributed by atoms with van der Waals surface area (Å²) in [5.74, 6) is -0.609. The van der Waals surface area contributed by atoms with Crippen LogP contribution in [-0.2, 0) is 24.8 Å². The SMILES string of the molecule is O=C(Nc1ccc2ccccc2c1)[C@@H]1CN(S(=O)(=O)c2ccccc2)CCN1S(=O)(=O)c1ccccc1. The van der Waals surface area contributed by atoms with Crippen molar-refractivity contribution in [1.82, 2.24) is 8.61 Å². The number of fused-ring (bicyclic) bond motifs is 1. The van der Waals surface area contributed by atoms with Crippen molar-refractivity contribution >= 4 is 42.4 Å². The Bertz CT molecular complexity index is 1640. The van der Waals surface area contributed by atoms with Gasteiger partial charge in [0.2, 0.25) is 26.0 Å². The Labute approximate surface area is 216 Å². The summed E-state index contributed by atoms with van der Waals surface area (Å²) in [6, 6.07) is 27.5. The lowest BCUT2D eigenvalue weighted by Crippen LogP contribution is -2.60. The fraction of sp³-hybridized carbons (Fsp3) is 0.148. The van der Waals surface area contributed by atoms with Crippen LogP contribution in [0, 0.1) is 0 Å². The van der Waals surface area contributed by atoms with Crippen LogP contribution in [0.2, 0.25) is 0 Å². The average molecular weight is 536 g/mol. The Morgan fingerprint density at radius 1 is 0.676 bits per heavy atom. The maximum absolute atomic E-state index is 13.6. The van der Waals surface area contributed by atoms with Crippen molar-refractivity contribution < 1.29 is 21.6 Å². The number of carbonyl (C=O) groups is 1. The molecule has 0 spiro atoms. The van der Waals surface area contributed by atoms with Gasteiger partial charge in [0.25, 0.3) is 0 Å². The predicted molar refractivity (Wildman–Crippen MR) is 142 cm³/mol. The summed E-state index contributed by atoms with van der Waals surface area (Å²) in [6.45, 7) is -0.565. The van der Waals surface area contributed by atoms with E-state index < -0.39 is 32.0 Å². The zero-order chi connectivity index (χ0) is 26.0. The highest BCUT2D eigenvalue weighted by Crippen LogP contribution is 2.27. The zero-order valence-electron chi connectivity index (χ0n) is 19.8. The molecule has 0 bridgehead atoms. The zero-order valence-corrected chi connectivity index (χ0v) is 21.4. The molecule has 1 heterocycles. The summed E-state index contributed by atoms with van der Waals surface area (Å²) < 4.78 is 56.0. The third-order valence-electron chi connectivity index (χ3n) is 6.34. The first-order chi connectivity index (χ1) is 17.8. The molecule has 1 aliphatic heterocycles. The largest absolute Gasteiger partial charge is 0.325 e. The summed E-state index contributed by atoms with van der Waals surface area (Å²) in [6.07, 6.45) is 0. The van der Waals surface area contributed by atoms with Crippen LogP contribution >= 0.6 is 0 Å². The predicted octanol–water partition coefficient (Wildman–Crippen LogP) is 3.54. The molecule has 0 aliphatic carbocycles. The summed E-state index contributed by atoms with van der Waals surface area (Å²) in [5, 5.41) is 4.70. The first kappa shape index (κ1) is 25.1. The van der Waals surface area contributed by atoms with Crippen molar-refractivity contribution in [3.63, 3.8) is 0 Å². The van der Waals surface area contributed by atoms with Crippen LogP contribution in [0.5, 0.6) is 0 Å². The molecule has 1 saturated heterocycles. The molecule has 37 heavy (non-hydrogen) atoms.